The summed E-state index contributed by atoms with van der Waals surface area (Å²) in [4.78, 5) is 15.3. The number of sulfonamides is 1. The topological polar surface area (TPSA) is 57.7 Å². The van der Waals surface area contributed by atoms with Crippen LogP contribution in [0.5, 0.6) is 0 Å². The smallest absolute Gasteiger partial charge is 0.254 e. The number of nitrogens with zero attached hydrogens (tertiary/aromatic N) is 2. The van der Waals surface area contributed by atoms with Gasteiger partial charge in [-0.25, -0.2) is 8.42 Å². The van der Waals surface area contributed by atoms with E-state index in [1.54, 1.807) is 31.3 Å². The van der Waals surface area contributed by atoms with Gasteiger partial charge in [0.2, 0.25) is 10.0 Å². The molecule has 0 aliphatic heterocycles. The van der Waals surface area contributed by atoms with Crippen LogP contribution in [0.3, 0.4) is 0 Å². The van der Waals surface area contributed by atoms with Gasteiger partial charge in [0.15, 0.2) is 0 Å². The zero-order chi connectivity index (χ0) is 20.3. The van der Waals surface area contributed by atoms with Gasteiger partial charge in [0.25, 0.3) is 5.91 Å². The average Bonchev–Trinajstić information content (AvgIpc) is 3.22. The molecule has 0 bridgehead atoms. The van der Waals surface area contributed by atoms with Gasteiger partial charge in [-0.2, -0.15) is 4.31 Å². The standard InChI is InChI=1S/C22H34N2O3S/c1-17(2)24(20-11-7-8-12-20)22(25)18-13-15-21(16-14-18)28(26,27)23(3)19-9-5-4-6-10-19/h13-17,19-20H,4-12H2,1-3H3. The lowest BCUT2D eigenvalue weighted by molar-refractivity contribution is 0.0613. The van der Waals surface area contributed by atoms with Crippen LogP contribution in [0, 0.1) is 0 Å². The molecular formula is C22H34N2O3S. The van der Waals surface area contributed by atoms with Crippen LogP contribution in [-0.2, 0) is 10.0 Å². The quantitative estimate of drug-likeness (QED) is 0.702. The fraction of sp³-hybridized carbons (Fsp3) is 0.682. The Bertz CT molecular complexity index is 761. The predicted octanol–water partition coefficient (Wildman–Crippen LogP) is 4.43. The first-order valence-corrected chi connectivity index (χ1v) is 12.2. The molecule has 0 atom stereocenters. The summed E-state index contributed by atoms with van der Waals surface area (Å²) in [5.74, 6) is 0.00600. The summed E-state index contributed by atoms with van der Waals surface area (Å²) >= 11 is 0. The van der Waals surface area contributed by atoms with E-state index in [4.69, 9.17) is 0 Å². The molecule has 2 aliphatic rings. The first-order valence-electron chi connectivity index (χ1n) is 10.7. The Labute approximate surface area is 170 Å². The minimum absolute atomic E-state index is 0.00600. The second-order valence-electron chi connectivity index (χ2n) is 8.58. The van der Waals surface area contributed by atoms with Crippen LogP contribution in [0.4, 0.5) is 0 Å². The maximum Gasteiger partial charge on any atom is 0.254 e. The molecule has 1 amide bonds. The van der Waals surface area contributed by atoms with Crippen molar-refractivity contribution >= 4 is 15.9 Å². The fourth-order valence-electron chi connectivity index (χ4n) is 4.73. The minimum atomic E-state index is -3.52. The highest BCUT2D eigenvalue weighted by Crippen LogP contribution is 2.28. The van der Waals surface area contributed by atoms with Crippen molar-refractivity contribution in [3.63, 3.8) is 0 Å². The molecule has 28 heavy (non-hydrogen) atoms. The Morgan fingerprint density at radius 3 is 1.93 bits per heavy atom. The summed E-state index contributed by atoms with van der Waals surface area (Å²) < 4.78 is 27.5. The average molecular weight is 407 g/mol. The van der Waals surface area contributed by atoms with Crippen molar-refractivity contribution in [1.29, 1.82) is 0 Å². The molecule has 3 rings (SSSR count). The zero-order valence-corrected chi connectivity index (χ0v) is 18.2. The summed E-state index contributed by atoms with van der Waals surface area (Å²) in [5, 5.41) is 0. The van der Waals surface area contributed by atoms with Crippen LogP contribution in [0.25, 0.3) is 0 Å². The molecule has 0 aromatic heterocycles. The maximum atomic E-state index is 13.1. The van der Waals surface area contributed by atoms with Gasteiger partial charge in [-0.15, -0.1) is 0 Å². The van der Waals surface area contributed by atoms with Crippen LogP contribution in [0.15, 0.2) is 29.2 Å². The predicted molar refractivity (Wildman–Crippen MR) is 112 cm³/mol. The Kier molecular flexibility index (Phi) is 6.81. The molecule has 1 aromatic carbocycles. The van der Waals surface area contributed by atoms with Crippen LogP contribution >= 0.6 is 0 Å². The number of amides is 1. The SMILES string of the molecule is CC(C)N(C(=O)c1ccc(S(=O)(=O)N(C)C2CCCCC2)cc1)C1CCCC1. The summed E-state index contributed by atoms with van der Waals surface area (Å²) in [6.07, 6.45) is 9.68. The largest absolute Gasteiger partial charge is 0.333 e. The molecule has 2 aliphatic carbocycles. The summed E-state index contributed by atoms with van der Waals surface area (Å²) in [7, 11) is -1.84. The van der Waals surface area contributed by atoms with Gasteiger partial charge < -0.3 is 4.90 Å². The molecule has 0 heterocycles. The molecule has 5 nitrogen and oxygen atoms in total. The number of hydrogen-bond acceptors (Lipinski definition) is 3. The second kappa shape index (κ2) is 8.95. The van der Waals surface area contributed by atoms with Gasteiger partial charge in [-0.05, 0) is 63.8 Å². The molecule has 2 fully saturated rings. The lowest BCUT2D eigenvalue weighted by Crippen LogP contribution is -2.43. The number of carbonyl (C=O) groups excluding carboxylic acids is 1. The lowest BCUT2D eigenvalue weighted by Gasteiger charge is -2.33. The summed E-state index contributed by atoms with van der Waals surface area (Å²) in [5.41, 5.74) is 0.569. The van der Waals surface area contributed by atoms with Gasteiger partial charge in [-0.3, -0.25) is 4.79 Å². The van der Waals surface area contributed by atoms with Crippen molar-refractivity contribution in [3.05, 3.63) is 29.8 Å². The molecular weight excluding hydrogens is 372 g/mol. The molecule has 0 radical (unpaired) electrons. The first-order chi connectivity index (χ1) is 13.3. The third-order valence-electron chi connectivity index (χ3n) is 6.38. The van der Waals surface area contributed by atoms with Crippen molar-refractivity contribution < 1.29 is 13.2 Å². The Balaban J connectivity index is 1.77. The van der Waals surface area contributed by atoms with E-state index < -0.39 is 10.0 Å². The van der Waals surface area contributed by atoms with Gasteiger partial charge in [0.05, 0.1) is 4.90 Å². The van der Waals surface area contributed by atoms with Crippen LogP contribution < -0.4 is 0 Å². The van der Waals surface area contributed by atoms with E-state index in [9.17, 15) is 13.2 Å². The van der Waals surface area contributed by atoms with Crippen molar-refractivity contribution in [2.45, 2.75) is 94.7 Å². The number of rotatable bonds is 6. The van der Waals surface area contributed by atoms with E-state index in [0.717, 1.165) is 38.5 Å². The maximum absolute atomic E-state index is 13.1. The number of hydrogen-bond donors (Lipinski definition) is 0. The fourth-order valence-corrected chi connectivity index (χ4v) is 6.15. The minimum Gasteiger partial charge on any atom is -0.333 e. The van der Waals surface area contributed by atoms with Gasteiger partial charge in [0.1, 0.15) is 0 Å². The van der Waals surface area contributed by atoms with Crippen LogP contribution in [0.1, 0.15) is 82.0 Å². The van der Waals surface area contributed by atoms with Crippen LogP contribution in [-0.4, -0.2) is 48.7 Å². The summed E-state index contributed by atoms with van der Waals surface area (Å²) in [6, 6.07) is 7.05. The highest BCUT2D eigenvalue weighted by atomic mass is 32.2. The van der Waals surface area contributed by atoms with Crippen molar-refractivity contribution in [2.75, 3.05) is 7.05 Å². The third kappa shape index (κ3) is 4.43. The summed E-state index contributed by atoms with van der Waals surface area (Å²) in [6.45, 7) is 4.10. The molecule has 156 valence electrons. The Hall–Kier alpha value is -1.40. The second-order valence-corrected chi connectivity index (χ2v) is 10.6. The van der Waals surface area contributed by atoms with Crippen molar-refractivity contribution in [3.8, 4) is 0 Å². The molecule has 0 N–H and O–H groups in total. The van der Waals surface area contributed by atoms with E-state index in [1.807, 2.05) is 18.7 Å². The molecule has 0 spiro atoms. The Morgan fingerprint density at radius 2 is 1.39 bits per heavy atom. The van der Waals surface area contributed by atoms with Gasteiger partial charge in [-0.1, -0.05) is 32.1 Å². The molecule has 0 unspecified atom stereocenters. The lowest BCUT2D eigenvalue weighted by atomic mass is 9.96. The van der Waals surface area contributed by atoms with E-state index in [-0.39, 0.29) is 22.9 Å². The van der Waals surface area contributed by atoms with Crippen molar-refractivity contribution in [2.24, 2.45) is 0 Å². The van der Waals surface area contributed by atoms with E-state index in [2.05, 4.69) is 0 Å². The van der Waals surface area contributed by atoms with E-state index in [1.165, 1.54) is 23.6 Å². The van der Waals surface area contributed by atoms with Gasteiger partial charge in [0, 0.05) is 30.7 Å². The van der Waals surface area contributed by atoms with E-state index >= 15 is 0 Å². The van der Waals surface area contributed by atoms with Gasteiger partial charge >= 0.3 is 0 Å². The highest BCUT2D eigenvalue weighted by Gasteiger charge is 2.31. The first kappa shape index (κ1) is 21.3. The highest BCUT2D eigenvalue weighted by molar-refractivity contribution is 7.89. The molecule has 1 aromatic rings. The zero-order valence-electron chi connectivity index (χ0n) is 17.4. The normalized spacial score (nSPS) is 19.5. The molecule has 0 saturated heterocycles. The monoisotopic (exact) mass is 406 g/mol. The number of benzene rings is 1. The Morgan fingerprint density at radius 1 is 0.893 bits per heavy atom. The number of carbonyl (C=O) groups is 1. The third-order valence-corrected chi connectivity index (χ3v) is 8.30. The molecule has 6 heteroatoms. The van der Waals surface area contributed by atoms with Crippen LogP contribution in [0.2, 0.25) is 0 Å². The van der Waals surface area contributed by atoms with Crippen molar-refractivity contribution in [1.82, 2.24) is 9.21 Å². The molecule has 2 saturated carbocycles. The van der Waals surface area contributed by atoms with E-state index in [0.29, 0.717) is 11.6 Å².